The van der Waals surface area contributed by atoms with E-state index in [-0.39, 0.29) is 0 Å². The van der Waals surface area contributed by atoms with E-state index in [9.17, 15) is 0 Å². The molecule has 0 amide bonds. The Morgan fingerprint density at radius 3 is 2.50 bits per heavy atom. The summed E-state index contributed by atoms with van der Waals surface area (Å²) in [5.74, 6) is 0.999. The van der Waals surface area contributed by atoms with Gasteiger partial charge in [0.1, 0.15) is 11.5 Å². The molecule has 5 rings (SSSR count). The third-order valence-corrected chi connectivity index (χ3v) is 6.26. The summed E-state index contributed by atoms with van der Waals surface area (Å²) >= 11 is 0. The zero-order chi connectivity index (χ0) is 17.7. The Morgan fingerprint density at radius 1 is 1.00 bits per heavy atom. The molecular formula is C22H26N4. The summed E-state index contributed by atoms with van der Waals surface area (Å²) in [5, 5.41) is 8.44. The van der Waals surface area contributed by atoms with Gasteiger partial charge in [-0.3, -0.25) is 0 Å². The number of hydrogen-bond donors (Lipinski definition) is 2. The average Bonchev–Trinajstić information content (AvgIpc) is 3.20. The largest absolute Gasteiger partial charge is 0.367 e. The topological polar surface area (TPSA) is 41.9 Å². The van der Waals surface area contributed by atoms with Crippen molar-refractivity contribution in [2.24, 2.45) is 7.05 Å². The van der Waals surface area contributed by atoms with Crippen LogP contribution < -0.4 is 10.6 Å². The molecule has 2 aliphatic carbocycles. The van der Waals surface area contributed by atoms with Crippen molar-refractivity contribution >= 4 is 16.9 Å². The van der Waals surface area contributed by atoms with Crippen molar-refractivity contribution < 1.29 is 0 Å². The summed E-state index contributed by atoms with van der Waals surface area (Å²) < 4.78 is 2.31. The first-order valence-electron chi connectivity index (χ1n) is 9.70. The lowest BCUT2D eigenvalue weighted by molar-refractivity contribution is 0.488. The fourth-order valence-corrected chi connectivity index (χ4v) is 4.83. The molecule has 4 nitrogen and oxygen atoms in total. The van der Waals surface area contributed by atoms with Crippen LogP contribution in [0, 0.1) is 0 Å². The molecule has 1 atom stereocenters. The maximum absolute atomic E-state index is 4.99. The van der Waals surface area contributed by atoms with Crippen LogP contribution in [0.15, 0.2) is 36.4 Å². The molecule has 0 saturated heterocycles. The second-order valence-electron chi connectivity index (χ2n) is 7.80. The fourth-order valence-electron chi connectivity index (χ4n) is 4.83. The molecule has 0 spiro atoms. The maximum atomic E-state index is 4.99. The summed E-state index contributed by atoms with van der Waals surface area (Å²) in [6.07, 6.45) is 5.62. The number of pyridine rings is 1. The molecule has 0 saturated carbocycles. The second-order valence-corrected chi connectivity index (χ2v) is 7.80. The Hall–Kier alpha value is -2.33. The first-order valence-corrected chi connectivity index (χ1v) is 9.70. The number of nitrogens with zero attached hydrogens (tertiary/aromatic N) is 2. The summed E-state index contributed by atoms with van der Waals surface area (Å²) in [7, 11) is 4.24. The van der Waals surface area contributed by atoms with Crippen LogP contribution in [0.3, 0.4) is 0 Å². The number of hydrogen-bond acceptors (Lipinski definition) is 3. The van der Waals surface area contributed by atoms with E-state index in [1.54, 1.807) is 0 Å². The number of benzene rings is 1. The highest BCUT2D eigenvalue weighted by Crippen LogP contribution is 2.32. The van der Waals surface area contributed by atoms with Crippen molar-refractivity contribution in [1.82, 2.24) is 14.9 Å². The Kier molecular flexibility index (Phi) is 3.75. The Balaban J connectivity index is 1.43. The predicted octanol–water partition coefficient (Wildman–Crippen LogP) is 3.23. The maximum Gasteiger partial charge on any atom is 0.142 e. The van der Waals surface area contributed by atoms with Crippen molar-refractivity contribution in [3.63, 3.8) is 0 Å². The van der Waals surface area contributed by atoms with Crippen LogP contribution in [0.25, 0.3) is 11.0 Å². The zero-order valence-corrected chi connectivity index (χ0v) is 15.5. The van der Waals surface area contributed by atoms with Crippen LogP contribution in [0.4, 0.5) is 5.82 Å². The highest BCUT2D eigenvalue weighted by Gasteiger charge is 2.25. The minimum atomic E-state index is 0.445. The van der Waals surface area contributed by atoms with Crippen LogP contribution in [0.1, 0.15) is 28.8 Å². The van der Waals surface area contributed by atoms with Gasteiger partial charge < -0.3 is 15.2 Å². The van der Waals surface area contributed by atoms with Crippen molar-refractivity contribution in [3.8, 4) is 0 Å². The fraction of sp³-hybridized carbons (Fsp3) is 0.409. The molecule has 26 heavy (non-hydrogen) atoms. The average molecular weight is 346 g/mol. The van der Waals surface area contributed by atoms with Crippen molar-refractivity contribution in [3.05, 3.63) is 58.8 Å². The normalized spacial score (nSPS) is 19.5. The lowest BCUT2D eigenvalue weighted by Crippen LogP contribution is -2.31. The molecule has 0 bridgehead atoms. The number of likely N-dealkylation sites (N-methyl/N-ethyl adjacent to an activating group) is 1. The zero-order valence-electron chi connectivity index (χ0n) is 15.5. The molecule has 4 heteroatoms. The van der Waals surface area contributed by atoms with Gasteiger partial charge in [0, 0.05) is 30.2 Å². The van der Waals surface area contributed by atoms with Crippen LogP contribution >= 0.6 is 0 Å². The number of anilines is 1. The van der Waals surface area contributed by atoms with Crippen molar-refractivity contribution in [1.29, 1.82) is 0 Å². The van der Waals surface area contributed by atoms with Crippen LogP contribution in [-0.4, -0.2) is 28.7 Å². The Morgan fingerprint density at radius 2 is 1.77 bits per heavy atom. The highest BCUT2D eigenvalue weighted by atomic mass is 15.1. The van der Waals surface area contributed by atoms with Gasteiger partial charge in [-0.2, -0.15) is 0 Å². The molecule has 0 radical (unpaired) electrons. The highest BCUT2D eigenvalue weighted by molar-refractivity contribution is 5.84. The molecule has 2 aromatic heterocycles. The minimum absolute atomic E-state index is 0.445. The Bertz CT molecular complexity index is 947. The minimum Gasteiger partial charge on any atom is -0.367 e. The first kappa shape index (κ1) is 15.9. The van der Waals surface area contributed by atoms with Gasteiger partial charge in [0.2, 0.25) is 0 Å². The van der Waals surface area contributed by atoms with E-state index >= 15 is 0 Å². The van der Waals surface area contributed by atoms with Crippen LogP contribution in [-0.2, 0) is 32.7 Å². The molecule has 0 fully saturated rings. The van der Waals surface area contributed by atoms with Gasteiger partial charge in [0.15, 0.2) is 0 Å². The molecule has 0 aliphatic heterocycles. The predicted molar refractivity (Wildman–Crippen MR) is 107 cm³/mol. The standard InChI is InChI=1S/C22H26N4/c1-23-16-7-9-20-19(13-16)18-8-10-21(25-22(18)26(20)2)24-17-11-14-5-3-4-6-15(14)12-17/h3-6,8,10,16-17,23H,7,9,11-13H2,1-2H3,(H,24,25). The van der Waals surface area contributed by atoms with E-state index in [0.29, 0.717) is 12.1 Å². The number of rotatable bonds is 3. The van der Waals surface area contributed by atoms with Crippen molar-refractivity contribution in [2.45, 2.75) is 44.2 Å². The quantitative estimate of drug-likeness (QED) is 0.765. The smallest absolute Gasteiger partial charge is 0.142 e. The van der Waals surface area contributed by atoms with Gasteiger partial charge in [-0.15, -0.1) is 0 Å². The van der Waals surface area contributed by atoms with E-state index in [4.69, 9.17) is 4.98 Å². The van der Waals surface area contributed by atoms with Gasteiger partial charge in [-0.05, 0) is 68.0 Å². The monoisotopic (exact) mass is 346 g/mol. The molecule has 2 heterocycles. The first-order chi connectivity index (χ1) is 12.7. The Labute approximate surface area is 154 Å². The summed E-state index contributed by atoms with van der Waals surface area (Å²) in [5.41, 5.74) is 7.01. The molecule has 2 aliphatic rings. The lowest BCUT2D eigenvalue weighted by atomic mass is 9.92. The molecule has 3 aromatic rings. The summed E-state index contributed by atoms with van der Waals surface area (Å²) in [6.45, 7) is 0. The van der Waals surface area contributed by atoms with E-state index in [1.807, 2.05) is 0 Å². The van der Waals surface area contributed by atoms with Gasteiger partial charge in [0.25, 0.3) is 0 Å². The molecule has 1 aromatic carbocycles. The number of nitrogens with one attached hydrogen (secondary N) is 2. The molecule has 2 N–H and O–H groups in total. The van der Waals surface area contributed by atoms with E-state index in [1.165, 1.54) is 34.2 Å². The number of aromatic nitrogens is 2. The van der Waals surface area contributed by atoms with E-state index in [0.717, 1.165) is 37.1 Å². The van der Waals surface area contributed by atoms with Crippen LogP contribution in [0.2, 0.25) is 0 Å². The summed E-state index contributed by atoms with van der Waals surface area (Å²) in [6, 6.07) is 14.2. The second kappa shape index (κ2) is 6.13. The van der Waals surface area contributed by atoms with E-state index in [2.05, 4.69) is 65.7 Å². The molecule has 134 valence electrons. The molecular weight excluding hydrogens is 320 g/mol. The van der Waals surface area contributed by atoms with Crippen molar-refractivity contribution in [2.75, 3.05) is 12.4 Å². The van der Waals surface area contributed by atoms with Gasteiger partial charge in [-0.25, -0.2) is 4.98 Å². The van der Waals surface area contributed by atoms with Gasteiger partial charge in [-0.1, -0.05) is 24.3 Å². The lowest BCUT2D eigenvalue weighted by Gasteiger charge is -2.22. The third-order valence-electron chi connectivity index (χ3n) is 6.26. The van der Waals surface area contributed by atoms with Gasteiger partial charge >= 0.3 is 0 Å². The third kappa shape index (κ3) is 2.52. The number of fused-ring (bicyclic) bond motifs is 4. The van der Waals surface area contributed by atoms with E-state index < -0.39 is 0 Å². The number of aryl methyl sites for hydroxylation is 1. The van der Waals surface area contributed by atoms with Gasteiger partial charge in [0.05, 0.1) is 0 Å². The summed E-state index contributed by atoms with van der Waals surface area (Å²) in [4.78, 5) is 4.99. The SMILES string of the molecule is CNC1CCc2c(c3ccc(NC4Cc5ccccc5C4)nc3n2C)C1. The van der Waals surface area contributed by atoms with Crippen LogP contribution in [0.5, 0.6) is 0 Å². The molecule has 1 unspecified atom stereocenters.